The van der Waals surface area contributed by atoms with Crippen LogP contribution in [-0.2, 0) is 0 Å². The van der Waals surface area contributed by atoms with E-state index in [0.29, 0.717) is 11.3 Å². The summed E-state index contributed by atoms with van der Waals surface area (Å²) in [4.78, 5) is 19.5. The van der Waals surface area contributed by atoms with Gasteiger partial charge in [0, 0.05) is 23.9 Å². The van der Waals surface area contributed by atoms with Gasteiger partial charge in [0.1, 0.15) is 17.3 Å². The second-order valence-electron chi connectivity index (χ2n) is 5.38. The lowest BCUT2D eigenvalue weighted by Crippen LogP contribution is -2.14. The number of nitrogens with zero attached hydrogens (tertiary/aromatic N) is 3. The number of pyridine rings is 1. The third-order valence-corrected chi connectivity index (χ3v) is 3.78. The topological polar surface area (TPSA) is 89.1 Å². The summed E-state index contributed by atoms with van der Waals surface area (Å²) < 4.78 is 28.3. The third kappa shape index (κ3) is 2.44. The molecule has 124 valence electrons. The largest absolute Gasteiger partial charge is 0.382 e. The van der Waals surface area contributed by atoms with Gasteiger partial charge >= 0.3 is 0 Å². The van der Waals surface area contributed by atoms with E-state index >= 15 is 0 Å². The van der Waals surface area contributed by atoms with Crippen LogP contribution in [0.5, 0.6) is 0 Å². The lowest BCUT2D eigenvalue weighted by Gasteiger charge is -2.06. The van der Waals surface area contributed by atoms with Crippen LogP contribution in [0.2, 0.25) is 0 Å². The Morgan fingerprint density at radius 2 is 1.96 bits per heavy atom. The molecule has 6 nitrogen and oxygen atoms in total. The molecule has 0 saturated carbocycles. The monoisotopic (exact) mass is 339 g/mol. The Balaban J connectivity index is 2.02. The Morgan fingerprint density at radius 1 is 1.12 bits per heavy atom. The predicted molar refractivity (Wildman–Crippen MR) is 88.8 cm³/mol. The number of aromatic nitrogens is 4. The molecule has 4 rings (SSSR count). The first kappa shape index (κ1) is 15.0. The highest BCUT2D eigenvalue weighted by molar-refractivity contribution is 5.85. The summed E-state index contributed by atoms with van der Waals surface area (Å²) in [6.45, 7) is 0. The van der Waals surface area contributed by atoms with Gasteiger partial charge < -0.3 is 10.7 Å². The summed E-state index contributed by atoms with van der Waals surface area (Å²) in [5.41, 5.74) is 6.92. The maximum absolute atomic E-state index is 14.1. The first-order chi connectivity index (χ1) is 12.0. The second-order valence-corrected chi connectivity index (χ2v) is 5.38. The standard InChI is InChI=1S/C17H11F2N5O/c18-9-4-5-10(11(19)7-9)13-8-14(25)24-17(22-13)15(16(20)23-24)12-3-1-2-6-21-12/h1-8,22H,(H2,20,23). The van der Waals surface area contributed by atoms with Crippen molar-refractivity contribution in [3.63, 3.8) is 0 Å². The van der Waals surface area contributed by atoms with Crippen molar-refractivity contribution >= 4 is 11.5 Å². The normalized spacial score (nSPS) is 11.1. The minimum Gasteiger partial charge on any atom is -0.382 e. The summed E-state index contributed by atoms with van der Waals surface area (Å²) in [7, 11) is 0. The molecular weight excluding hydrogens is 328 g/mol. The molecule has 0 atom stereocenters. The van der Waals surface area contributed by atoms with Crippen molar-refractivity contribution in [1.29, 1.82) is 0 Å². The quantitative estimate of drug-likeness (QED) is 0.587. The Bertz CT molecular complexity index is 1150. The van der Waals surface area contributed by atoms with Gasteiger partial charge in [-0.25, -0.2) is 8.78 Å². The van der Waals surface area contributed by atoms with E-state index in [2.05, 4.69) is 15.1 Å². The maximum Gasteiger partial charge on any atom is 0.274 e. The van der Waals surface area contributed by atoms with Gasteiger partial charge in [-0.15, -0.1) is 5.10 Å². The van der Waals surface area contributed by atoms with E-state index in [1.165, 1.54) is 12.1 Å². The highest BCUT2D eigenvalue weighted by Crippen LogP contribution is 2.28. The molecule has 0 radical (unpaired) electrons. The zero-order valence-corrected chi connectivity index (χ0v) is 12.7. The van der Waals surface area contributed by atoms with Gasteiger partial charge in [-0.05, 0) is 24.3 Å². The molecule has 3 aromatic heterocycles. The number of hydrogen-bond donors (Lipinski definition) is 2. The smallest absolute Gasteiger partial charge is 0.274 e. The average Bonchev–Trinajstić information content (AvgIpc) is 2.92. The van der Waals surface area contributed by atoms with E-state index < -0.39 is 17.2 Å². The van der Waals surface area contributed by atoms with Crippen molar-refractivity contribution in [3.8, 4) is 22.5 Å². The van der Waals surface area contributed by atoms with Crippen molar-refractivity contribution in [1.82, 2.24) is 19.6 Å². The molecule has 0 aliphatic rings. The first-order valence-electron chi connectivity index (χ1n) is 7.33. The predicted octanol–water partition coefficient (Wildman–Crippen LogP) is 2.61. The fraction of sp³-hybridized carbons (Fsp3) is 0. The summed E-state index contributed by atoms with van der Waals surface area (Å²) in [6, 6.07) is 9.54. The molecule has 0 aliphatic heterocycles. The van der Waals surface area contributed by atoms with E-state index in [9.17, 15) is 13.6 Å². The van der Waals surface area contributed by atoms with Crippen LogP contribution >= 0.6 is 0 Å². The van der Waals surface area contributed by atoms with Crippen molar-refractivity contribution < 1.29 is 8.78 Å². The fourth-order valence-corrected chi connectivity index (χ4v) is 2.67. The number of hydrogen-bond acceptors (Lipinski definition) is 4. The van der Waals surface area contributed by atoms with Gasteiger partial charge in [0.25, 0.3) is 5.56 Å². The molecule has 0 fully saturated rings. The number of aromatic amines is 1. The average molecular weight is 339 g/mol. The molecule has 25 heavy (non-hydrogen) atoms. The minimum atomic E-state index is -0.785. The van der Waals surface area contributed by atoms with Crippen LogP contribution in [0.3, 0.4) is 0 Å². The molecule has 3 N–H and O–H groups in total. The molecule has 3 heterocycles. The molecule has 0 aliphatic carbocycles. The Labute approximate surface area is 139 Å². The molecule has 0 saturated heterocycles. The molecule has 1 aromatic carbocycles. The molecule has 4 aromatic rings. The number of fused-ring (bicyclic) bond motifs is 1. The number of nitrogen functional groups attached to an aromatic ring is 1. The van der Waals surface area contributed by atoms with E-state index in [4.69, 9.17) is 5.73 Å². The van der Waals surface area contributed by atoms with Gasteiger partial charge in [-0.1, -0.05) is 6.07 Å². The maximum atomic E-state index is 14.1. The number of anilines is 1. The Hall–Kier alpha value is -3.55. The molecule has 8 heteroatoms. The van der Waals surface area contributed by atoms with Gasteiger partial charge in [0.2, 0.25) is 0 Å². The molecular formula is C17H11F2N5O. The van der Waals surface area contributed by atoms with E-state index in [1.54, 1.807) is 24.4 Å². The number of H-pyrrole nitrogens is 1. The van der Waals surface area contributed by atoms with Crippen LogP contribution in [0.15, 0.2) is 53.5 Å². The van der Waals surface area contributed by atoms with Gasteiger partial charge in [0.15, 0.2) is 5.82 Å². The van der Waals surface area contributed by atoms with Crippen molar-refractivity contribution in [2.24, 2.45) is 0 Å². The van der Waals surface area contributed by atoms with Crippen LogP contribution in [0, 0.1) is 11.6 Å². The van der Waals surface area contributed by atoms with Gasteiger partial charge in [-0.3, -0.25) is 9.78 Å². The number of rotatable bonds is 2. The van der Waals surface area contributed by atoms with Crippen LogP contribution in [-0.4, -0.2) is 19.6 Å². The number of benzene rings is 1. The van der Waals surface area contributed by atoms with Crippen LogP contribution in [0.1, 0.15) is 0 Å². The summed E-state index contributed by atoms with van der Waals surface area (Å²) >= 11 is 0. The highest BCUT2D eigenvalue weighted by atomic mass is 19.1. The van der Waals surface area contributed by atoms with E-state index in [1.807, 2.05) is 0 Å². The van der Waals surface area contributed by atoms with E-state index in [0.717, 1.165) is 16.6 Å². The summed E-state index contributed by atoms with van der Waals surface area (Å²) in [6.07, 6.45) is 1.58. The summed E-state index contributed by atoms with van der Waals surface area (Å²) in [5, 5.41) is 4.02. The highest BCUT2D eigenvalue weighted by Gasteiger charge is 2.18. The van der Waals surface area contributed by atoms with Gasteiger partial charge in [0.05, 0.1) is 17.0 Å². The molecule has 0 spiro atoms. The molecule has 0 amide bonds. The minimum absolute atomic E-state index is 0.0627. The fourth-order valence-electron chi connectivity index (χ4n) is 2.67. The van der Waals surface area contributed by atoms with Crippen molar-refractivity contribution in [3.05, 3.63) is 70.6 Å². The van der Waals surface area contributed by atoms with Crippen LogP contribution < -0.4 is 11.3 Å². The number of halogens is 2. The lowest BCUT2D eigenvalue weighted by molar-refractivity contribution is 0.585. The lowest BCUT2D eigenvalue weighted by atomic mass is 10.1. The first-order valence-corrected chi connectivity index (χ1v) is 7.33. The van der Waals surface area contributed by atoms with Crippen LogP contribution in [0.25, 0.3) is 28.2 Å². The SMILES string of the molecule is Nc1nn2c(=O)cc(-c3ccc(F)cc3F)[nH]c2c1-c1ccccn1. The Kier molecular flexibility index (Phi) is 3.31. The molecule has 0 unspecified atom stereocenters. The van der Waals surface area contributed by atoms with Crippen molar-refractivity contribution in [2.45, 2.75) is 0 Å². The molecule has 0 bridgehead atoms. The van der Waals surface area contributed by atoms with Gasteiger partial charge in [-0.2, -0.15) is 4.52 Å². The zero-order valence-electron chi connectivity index (χ0n) is 12.7. The number of nitrogens with one attached hydrogen (secondary N) is 1. The van der Waals surface area contributed by atoms with Crippen molar-refractivity contribution in [2.75, 3.05) is 5.73 Å². The summed E-state index contributed by atoms with van der Waals surface area (Å²) in [5.74, 6) is -1.37. The third-order valence-electron chi connectivity index (χ3n) is 3.78. The second kappa shape index (κ2) is 5.52. The van der Waals surface area contributed by atoms with E-state index in [-0.39, 0.29) is 22.7 Å². The Morgan fingerprint density at radius 3 is 2.68 bits per heavy atom. The van der Waals surface area contributed by atoms with Crippen LogP contribution in [0.4, 0.5) is 14.6 Å². The zero-order chi connectivity index (χ0) is 17.6. The number of nitrogens with two attached hydrogens (primary N) is 1.